The van der Waals surface area contributed by atoms with Gasteiger partial charge in [-0.05, 0) is 32.0 Å². The van der Waals surface area contributed by atoms with Gasteiger partial charge in [0, 0.05) is 13.1 Å². The molecule has 74 valence electrons. The molecule has 1 rings (SSSR count). The Morgan fingerprint density at radius 2 is 2.36 bits per heavy atom. The quantitative estimate of drug-likeness (QED) is 0.491. The van der Waals surface area contributed by atoms with Gasteiger partial charge < -0.3 is 4.90 Å². The summed E-state index contributed by atoms with van der Waals surface area (Å²) in [6.07, 6.45) is 4.64. The van der Waals surface area contributed by atoms with E-state index in [1.807, 2.05) is 6.08 Å². The van der Waals surface area contributed by atoms with E-state index >= 15 is 0 Å². The van der Waals surface area contributed by atoms with Gasteiger partial charge >= 0.3 is 0 Å². The first kappa shape index (κ1) is 10.7. The predicted molar refractivity (Wildman–Crippen MR) is 58.7 cm³/mol. The largest absolute Gasteiger partial charge is 0.302 e. The summed E-state index contributed by atoms with van der Waals surface area (Å²) in [5.74, 6) is 0. The van der Waals surface area contributed by atoms with E-state index < -0.39 is 0 Å². The van der Waals surface area contributed by atoms with Crippen LogP contribution < -0.4 is 0 Å². The second-order valence-electron chi connectivity index (χ2n) is 3.71. The van der Waals surface area contributed by atoms with Crippen LogP contribution in [0.2, 0.25) is 0 Å². The molecular weight excluding hydrogens is 172 g/mol. The van der Waals surface area contributed by atoms with Gasteiger partial charge in [0.25, 0.3) is 0 Å². The average molecular weight is 188 g/mol. The Bertz CT molecular complexity index is 329. The van der Waals surface area contributed by atoms with Crippen LogP contribution in [0.5, 0.6) is 0 Å². The number of likely N-dealkylation sites (N-methyl/N-ethyl adjacent to an activating group) is 1. The molecule has 0 aromatic carbocycles. The monoisotopic (exact) mass is 188 g/mol. The molecule has 0 fully saturated rings. The lowest BCUT2D eigenvalue weighted by Gasteiger charge is -2.24. The number of hydrogen-bond acceptors (Lipinski definition) is 2. The topological polar surface area (TPSA) is 27.0 Å². The van der Waals surface area contributed by atoms with Crippen LogP contribution in [0.15, 0.2) is 35.5 Å². The Labute approximate surface area is 85.8 Å². The SMILES string of the molecule is C=C/C(C#N)=C\C1=C(C)CCN(C)C1. The van der Waals surface area contributed by atoms with Gasteiger partial charge in [0.2, 0.25) is 0 Å². The number of nitrogens with zero attached hydrogens (tertiary/aromatic N) is 2. The van der Waals surface area contributed by atoms with Gasteiger partial charge in [-0.15, -0.1) is 0 Å². The summed E-state index contributed by atoms with van der Waals surface area (Å²) >= 11 is 0. The number of hydrogen-bond donors (Lipinski definition) is 0. The zero-order chi connectivity index (χ0) is 10.6. The molecule has 0 aromatic rings. The molecule has 1 heterocycles. The maximum Gasteiger partial charge on any atom is 0.0991 e. The smallest absolute Gasteiger partial charge is 0.0991 e. The van der Waals surface area contributed by atoms with Crippen molar-refractivity contribution in [2.24, 2.45) is 0 Å². The predicted octanol–water partition coefficient (Wildman–Crippen LogP) is 2.27. The molecule has 0 unspecified atom stereocenters. The van der Waals surface area contributed by atoms with E-state index in [1.54, 1.807) is 6.08 Å². The normalized spacial score (nSPS) is 19.4. The highest BCUT2D eigenvalue weighted by atomic mass is 15.1. The van der Waals surface area contributed by atoms with Gasteiger partial charge in [0.05, 0.1) is 11.6 Å². The standard InChI is InChI=1S/C12H16N2/c1-4-11(8-13)7-12-9-14(3)6-5-10(12)2/h4,7H,1,5-6,9H2,2-3H3/b11-7+. The molecule has 0 aliphatic carbocycles. The number of nitriles is 1. The molecule has 0 amide bonds. The first-order valence-electron chi connectivity index (χ1n) is 4.78. The molecule has 0 bridgehead atoms. The zero-order valence-corrected chi connectivity index (χ0v) is 8.88. The van der Waals surface area contributed by atoms with Crippen LogP contribution in [-0.4, -0.2) is 25.0 Å². The van der Waals surface area contributed by atoms with Crippen molar-refractivity contribution in [3.8, 4) is 6.07 Å². The van der Waals surface area contributed by atoms with Gasteiger partial charge in [-0.3, -0.25) is 0 Å². The molecule has 1 aliphatic rings. The van der Waals surface area contributed by atoms with E-state index in [0.29, 0.717) is 5.57 Å². The second kappa shape index (κ2) is 4.78. The van der Waals surface area contributed by atoms with E-state index in [2.05, 4.69) is 31.5 Å². The average Bonchev–Trinajstić information content (AvgIpc) is 2.19. The van der Waals surface area contributed by atoms with E-state index in [4.69, 9.17) is 5.26 Å². The first-order valence-corrected chi connectivity index (χ1v) is 4.78. The van der Waals surface area contributed by atoms with E-state index in [1.165, 1.54) is 11.1 Å². The molecule has 0 spiro atoms. The summed E-state index contributed by atoms with van der Waals surface area (Å²) in [4.78, 5) is 2.26. The minimum Gasteiger partial charge on any atom is -0.302 e. The molecule has 0 aromatic heterocycles. The molecule has 0 saturated carbocycles. The maximum absolute atomic E-state index is 8.78. The first-order chi connectivity index (χ1) is 6.67. The molecule has 0 saturated heterocycles. The van der Waals surface area contributed by atoms with Crippen molar-refractivity contribution in [1.29, 1.82) is 5.26 Å². The summed E-state index contributed by atoms with van der Waals surface area (Å²) in [6, 6.07) is 2.12. The van der Waals surface area contributed by atoms with Crippen LogP contribution in [0.4, 0.5) is 0 Å². The van der Waals surface area contributed by atoms with E-state index in [9.17, 15) is 0 Å². The van der Waals surface area contributed by atoms with Gasteiger partial charge in [0.15, 0.2) is 0 Å². The Kier molecular flexibility index (Phi) is 3.67. The van der Waals surface area contributed by atoms with E-state index in [0.717, 1.165) is 19.5 Å². The van der Waals surface area contributed by atoms with Crippen LogP contribution >= 0.6 is 0 Å². The molecule has 0 atom stereocenters. The van der Waals surface area contributed by atoms with Gasteiger partial charge in [-0.1, -0.05) is 18.2 Å². The molecule has 2 nitrogen and oxygen atoms in total. The minimum absolute atomic E-state index is 0.648. The third-order valence-electron chi connectivity index (χ3n) is 2.54. The van der Waals surface area contributed by atoms with Crippen molar-refractivity contribution in [3.05, 3.63) is 35.5 Å². The summed E-state index contributed by atoms with van der Waals surface area (Å²) < 4.78 is 0. The van der Waals surface area contributed by atoms with E-state index in [-0.39, 0.29) is 0 Å². The van der Waals surface area contributed by atoms with Crippen LogP contribution in [0, 0.1) is 11.3 Å². The van der Waals surface area contributed by atoms with Crippen LogP contribution in [0.3, 0.4) is 0 Å². The highest BCUT2D eigenvalue weighted by Crippen LogP contribution is 2.18. The van der Waals surface area contributed by atoms with Crippen molar-refractivity contribution < 1.29 is 0 Å². The highest BCUT2D eigenvalue weighted by Gasteiger charge is 2.11. The summed E-state index contributed by atoms with van der Waals surface area (Å²) in [6.45, 7) is 7.80. The zero-order valence-electron chi connectivity index (χ0n) is 8.88. The molecule has 2 heteroatoms. The second-order valence-corrected chi connectivity index (χ2v) is 3.71. The van der Waals surface area contributed by atoms with Crippen molar-refractivity contribution in [3.63, 3.8) is 0 Å². The molecule has 1 aliphatic heterocycles. The molecule has 14 heavy (non-hydrogen) atoms. The van der Waals surface area contributed by atoms with Crippen molar-refractivity contribution in [1.82, 2.24) is 4.90 Å². The lowest BCUT2D eigenvalue weighted by atomic mass is 10.00. The highest BCUT2D eigenvalue weighted by molar-refractivity contribution is 5.41. The molecule has 0 N–H and O–H groups in total. The number of allylic oxidation sites excluding steroid dienone is 2. The Morgan fingerprint density at radius 3 is 2.93 bits per heavy atom. The third kappa shape index (κ3) is 2.58. The lowest BCUT2D eigenvalue weighted by molar-refractivity contribution is 0.351. The van der Waals surface area contributed by atoms with Crippen LogP contribution in [-0.2, 0) is 0 Å². The molecule has 0 radical (unpaired) electrons. The van der Waals surface area contributed by atoms with Gasteiger partial charge in [-0.25, -0.2) is 0 Å². The maximum atomic E-state index is 8.78. The van der Waals surface area contributed by atoms with Gasteiger partial charge in [-0.2, -0.15) is 5.26 Å². The van der Waals surface area contributed by atoms with Crippen LogP contribution in [0.25, 0.3) is 0 Å². The summed E-state index contributed by atoms with van der Waals surface area (Å²) in [5.41, 5.74) is 3.29. The molecular formula is C12H16N2. The Balaban J connectivity index is 2.91. The van der Waals surface area contributed by atoms with Crippen LogP contribution in [0.1, 0.15) is 13.3 Å². The fraction of sp³-hybridized carbons (Fsp3) is 0.417. The number of rotatable bonds is 2. The fourth-order valence-electron chi connectivity index (χ4n) is 1.52. The lowest BCUT2D eigenvalue weighted by Crippen LogP contribution is -2.26. The summed E-state index contributed by atoms with van der Waals surface area (Å²) in [7, 11) is 2.10. The Morgan fingerprint density at radius 1 is 1.64 bits per heavy atom. The third-order valence-corrected chi connectivity index (χ3v) is 2.54. The van der Waals surface area contributed by atoms with Crippen molar-refractivity contribution in [2.45, 2.75) is 13.3 Å². The van der Waals surface area contributed by atoms with Crippen molar-refractivity contribution in [2.75, 3.05) is 20.1 Å². The minimum atomic E-state index is 0.648. The van der Waals surface area contributed by atoms with Crippen molar-refractivity contribution >= 4 is 0 Å². The fourth-order valence-corrected chi connectivity index (χ4v) is 1.52. The Hall–Kier alpha value is -1.33. The summed E-state index contributed by atoms with van der Waals surface area (Å²) in [5, 5.41) is 8.78. The van der Waals surface area contributed by atoms with Gasteiger partial charge in [0.1, 0.15) is 0 Å².